The predicted molar refractivity (Wildman–Crippen MR) is 120 cm³/mol. The van der Waals surface area contributed by atoms with Gasteiger partial charge in [0.15, 0.2) is 0 Å². The van der Waals surface area contributed by atoms with Crippen LogP contribution >= 0.6 is 0 Å². The maximum absolute atomic E-state index is 13.5. The number of halogens is 1. The second kappa shape index (κ2) is 8.13. The van der Waals surface area contributed by atoms with Crippen molar-refractivity contribution in [2.45, 2.75) is 20.0 Å². The molecule has 1 aliphatic heterocycles. The summed E-state index contributed by atoms with van der Waals surface area (Å²) in [5, 5.41) is 0.502. The molecule has 32 heavy (non-hydrogen) atoms. The molecule has 5 rings (SSSR count). The lowest BCUT2D eigenvalue weighted by molar-refractivity contribution is 0.0889. The van der Waals surface area contributed by atoms with Crippen LogP contribution in [-0.2, 0) is 13.1 Å². The van der Waals surface area contributed by atoms with Crippen LogP contribution in [0.5, 0.6) is 11.5 Å². The quantitative estimate of drug-likeness (QED) is 0.441. The first-order valence-electron chi connectivity index (χ1n) is 10.4. The predicted octanol–water partition coefficient (Wildman–Crippen LogP) is 5.27. The van der Waals surface area contributed by atoms with Crippen LogP contribution in [-0.4, -0.2) is 18.7 Å². The van der Waals surface area contributed by atoms with Crippen LogP contribution in [0.3, 0.4) is 0 Å². The standard InChI is InChI=1S/C26H22FNO4/c1-16-24(19-5-3-4-6-22(19)30-2)25(29)20-11-12-23-21(26(20)32-16)14-28(15-31-23)13-17-7-9-18(27)10-8-17/h3-12H,13-15H2,1-2H3. The van der Waals surface area contributed by atoms with Crippen molar-refractivity contribution in [2.24, 2.45) is 0 Å². The Hall–Kier alpha value is -3.64. The van der Waals surface area contributed by atoms with E-state index in [4.69, 9.17) is 13.9 Å². The molecule has 0 amide bonds. The molecule has 0 aliphatic carbocycles. The minimum Gasteiger partial charge on any atom is -0.496 e. The molecule has 1 aromatic heterocycles. The Bertz CT molecular complexity index is 1360. The number of ether oxygens (including phenoxy) is 2. The number of nitrogens with zero attached hydrogens (tertiary/aromatic N) is 1. The van der Waals surface area contributed by atoms with Gasteiger partial charge < -0.3 is 13.9 Å². The summed E-state index contributed by atoms with van der Waals surface area (Å²) in [6, 6.07) is 17.4. The summed E-state index contributed by atoms with van der Waals surface area (Å²) in [7, 11) is 1.58. The highest BCUT2D eigenvalue weighted by Gasteiger charge is 2.24. The van der Waals surface area contributed by atoms with Crippen molar-refractivity contribution in [1.82, 2.24) is 4.90 Å². The summed E-state index contributed by atoms with van der Waals surface area (Å²) in [6.45, 7) is 3.35. The Labute approximate surface area is 184 Å². The van der Waals surface area contributed by atoms with E-state index in [0.717, 1.165) is 11.1 Å². The van der Waals surface area contributed by atoms with Gasteiger partial charge in [0.25, 0.3) is 0 Å². The number of fused-ring (bicyclic) bond motifs is 3. The van der Waals surface area contributed by atoms with Gasteiger partial charge in [0, 0.05) is 18.7 Å². The van der Waals surface area contributed by atoms with E-state index in [1.54, 1.807) is 32.2 Å². The van der Waals surface area contributed by atoms with Gasteiger partial charge in [-0.2, -0.15) is 0 Å². The van der Waals surface area contributed by atoms with Gasteiger partial charge in [0.05, 0.1) is 23.6 Å². The largest absolute Gasteiger partial charge is 0.496 e. The van der Waals surface area contributed by atoms with Crippen LogP contribution in [0.2, 0.25) is 0 Å². The van der Waals surface area contributed by atoms with Crippen molar-refractivity contribution < 1.29 is 18.3 Å². The Morgan fingerprint density at radius 2 is 1.84 bits per heavy atom. The molecule has 0 bridgehead atoms. The lowest BCUT2D eigenvalue weighted by Gasteiger charge is -2.29. The van der Waals surface area contributed by atoms with Crippen molar-refractivity contribution in [3.8, 4) is 22.6 Å². The first kappa shape index (κ1) is 20.3. The Kier molecular flexibility index (Phi) is 5.15. The third-order valence-electron chi connectivity index (χ3n) is 5.78. The fourth-order valence-electron chi connectivity index (χ4n) is 4.23. The van der Waals surface area contributed by atoms with Gasteiger partial charge in [0.1, 0.15) is 35.4 Å². The maximum Gasteiger partial charge on any atom is 0.200 e. The van der Waals surface area contributed by atoms with Crippen molar-refractivity contribution in [3.63, 3.8) is 0 Å². The highest BCUT2D eigenvalue weighted by Crippen LogP contribution is 2.36. The topological polar surface area (TPSA) is 51.9 Å². The number of hydrogen-bond donors (Lipinski definition) is 0. The van der Waals surface area contributed by atoms with E-state index >= 15 is 0 Å². The molecular weight excluding hydrogens is 409 g/mol. The number of rotatable bonds is 4. The molecule has 0 saturated carbocycles. The molecular formula is C26H22FNO4. The molecule has 1 aliphatic rings. The average Bonchev–Trinajstić information content (AvgIpc) is 2.81. The number of hydrogen-bond acceptors (Lipinski definition) is 5. The van der Waals surface area contributed by atoms with Crippen LogP contribution in [0, 0.1) is 12.7 Å². The number of benzene rings is 3. The lowest BCUT2D eigenvalue weighted by Crippen LogP contribution is -2.31. The normalized spacial score (nSPS) is 13.6. The molecule has 0 N–H and O–H groups in total. The zero-order valence-electron chi connectivity index (χ0n) is 17.9. The maximum atomic E-state index is 13.5. The molecule has 6 heteroatoms. The second-order valence-electron chi connectivity index (χ2n) is 7.87. The fraction of sp³-hybridized carbons (Fsp3) is 0.192. The summed E-state index contributed by atoms with van der Waals surface area (Å²) in [4.78, 5) is 15.6. The Morgan fingerprint density at radius 1 is 1.06 bits per heavy atom. The summed E-state index contributed by atoms with van der Waals surface area (Å²) in [6.07, 6.45) is 0. The van der Waals surface area contributed by atoms with Crippen molar-refractivity contribution >= 4 is 11.0 Å². The molecule has 0 radical (unpaired) electrons. The van der Waals surface area contributed by atoms with Gasteiger partial charge >= 0.3 is 0 Å². The van der Waals surface area contributed by atoms with E-state index in [0.29, 0.717) is 59.2 Å². The number of methoxy groups -OCH3 is 1. The van der Waals surface area contributed by atoms with Crippen LogP contribution in [0.4, 0.5) is 4.39 Å². The van der Waals surface area contributed by atoms with E-state index in [1.807, 2.05) is 30.3 Å². The summed E-state index contributed by atoms with van der Waals surface area (Å²) < 4.78 is 30.9. The molecule has 0 spiro atoms. The molecule has 162 valence electrons. The van der Waals surface area contributed by atoms with E-state index < -0.39 is 0 Å². The molecule has 4 aromatic rings. The van der Waals surface area contributed by atoms with Gasteiger partial charge in [0.2, 0.25) is 5.43 Å². The minimum absolute atomic E-state index is 0.105. The highest BCUT2D eigenvalue weighted by atomic mass is 19.1. The molecule has 2 heterocycles. The third-order valence-corrected chi connectivity index (χ3v) is 5.78. The average molecular weight is 431 g/mol. The van der Waals surface area contributed by atoms with Gasteiger partial charge in [-0.3, -0.25) is 9.69 Å². The van der Waals surface area contributed by atoms with Crippen LogP contribution < -0.4 is 14.9 Å². The molecule has 0 unspecified atom stereocenters. The number of aryl methyl sites for hydroxylation is 1. The smallest absolute Gasteiger partial charge is 0.200 e. The number of para-hydroxylation sites is 1. The summed E-state index contributed by atoms with van der Waals surface area (Å²) in [5.74, 6) is 1.59. The van der Waals surface area contributed by atoms with Crippen molar-refractivity contribution in [1.29, 1.82) is 0 Å². The monoisotopic (exact) mass is 431 g/mol. The first-order chi connectivity index (χ1) is 15.5. The first-order valence-corrected chi connectivity index (χ1v) is 10.4. The van der Waals surface area contributed by atoms with Gasteiger partial charge in [-0.25, -0.2) is 4.39 Å². The molecule has 0 fully saturated rings. The van der Waals surface area contributed by atoms with Gasteiger partial charge in [-0.05, 0) is 42.8 Å². The SMILES string of the molecule is COc1ccccc1-c1c(C)oc2c3c(ccc2c1=O)OCN(Cc1ccc(F)cc1)C3. The third kappa shape index (κ3) is 3.52. The van der Waals surface area contributed by atoms with Crippen molar-refractivity contribution in [2.75, 3.05) is 13.8 Å². The van der Waals surface area contributed by atoms with Crippen LogP contribution in [0.25, 0.3) is 22.1 Å². The summed E-state index contributed by atoms with van der Waals surface area (Å²) >= 11 is 0. The van der Waals surface area contributed by atoms with Gasteiger partial charge in [-0.15, -0.1) is 0 Å². The lowest BCUT2D eigenvalue weighted by atomic mass is 9.99. The van der Waals surface area contributed by atoms with Crippen LogP contribution in [0.1, 0.15) is 16.9 Å². The second-order valence-corrected chi connectivity index (χ2v) is 7.87. The van der Waals surface area contributed by atoms with Gasteiger partial charge in [-0.1, -0.05) is 30.3 Å². The Balaban J connectivity index is 1.57. The Morgan fingerprint density at radius 3 is 2.62 bits per heavy atom. The molecule has 5 nitrogen and oxygen atoms in total. The zero-order chi connectivity index (χ0) is 22.2. The van der Waals surface area contributed by atoms with Crippen molar-refractivity contribution in [3.05, 3.63) is 93.6 Å². The molecule has 0 saturated heterocycles. The van der Waals surface area contributed by atoms with E-state index in [1.165, 1.54) is 12.1 Å². The zero-order valence-corrected chi connectivity index (χ0v) is 17.9. The van der Waals surface area contributed by atoms with E-state index in [9.17, 15) is 9.18 Å². The molecule has 0 atom stereocenters. The van der Waals surface area contributed by atoms with E-state index in [-0.39, 0.29) is 11.2 Å². The fourth-order valence-corrected chi connectivity index (χ4v) is 4.23. The van der Waals surface area contributed by atoms with Crippen LogP contribution in [0.15, 0.2) is 69.9 Å². The van der Waals surface area contributed by atoms with E-state index in [2.05, 4.69) is 4.90 Å². The molecule has 3 aromatic carbocycles. The highest BCUT2D eigenvalue weighted by molar-refractivity contribution is 5.87. The minimum atomic E-state index is -0.261. The summed E-state index contributed by atoms with van der Waals surface area (Å²) in [5.41, 5.74) is 3.45.